The third-order valence-corrected chi connectivity index (χ3v) is 12.6. The molecule has 256 valence electrons. The largest absolute Gasteiger partial charge is 0.507 e. The van der Waals surface area contributed by atoms with Crippen LogP contribution in [-0.2, 0) is 6.42 Å². The Balaban J connectivity index is 1.21. The van der Waals surface area contributed by atoms with Crippen LogP contribution in [0.1, 0.15) is 52.4 Å². The zero-order chi connectivity index (χ0) is 34.9. The number of hydrogen-bond donors (Lipinski definition) is 5. The van der Waals surface area contributed by atoms with Crippen LogP contribution in [0.25, 0.3) is 28.0 Å². The number of Topliss-reactive ketones (excluding diaryl/α,β-unsaturated/α-hetero) is 1. The maximum Gasteiger partial charge on any atom is 0.188 e. The van der Waals surface area contributed by atoms with E-state index in [1.807, 2.05) is 37.3 Å². The van der Waals surface area contributed by atoms with Crippen LogP contribution in [0.2, 0.25) is 0 Å². The summed E-state index contributed by atoms with van der Waals surface area (Å²) in [6.45, 7) is 3.59. The number of phenols is 1. The number of nitrogens with one attached hydrogen (secondary N) is 2. The van der Waals surface area contributed by atoms with Gasteiger partial charge in [-0.2, -0.15) is 0 Å². The molecule has 4 aromatic rings. The number of rotatable bonds is 8. The Labute approximate surface area is 301 Å². The van der Waals surface area contributed by atoms with E-state index in [-0.39, 0.29) is 47.3 Å². The van der Waals surface area contributed by atoms with Crippen molar-refractivity contribution < 1.29 is 15.0 Å². The quantitative estimate of drug-likeness (QED) is 0.0706. The molecule has 7 atom stereocenters. The maximum absolute atomic E-state index is 14.4. The van der Waals surface area contributed by atoms with Crippen molar-refractivity contribution in [1.82, 2.24) is 5.32 Å². The Bertz CT molecular complexity index is 2170. The summed E-state index contributed by atoms with van der Waals surface area (Å²) >= 11 is 3.23. The zero-order valence-electron chi connectivity index (χ0n) is 28.4. The van der Waals surface area contributed by atoms with Crippen LogP contribution >= 0.6 is 22.7 Å². The molecule has 0 unspecified atom stereocenters. The summed E-state index contributed by atoms with van der Waals surface area (Å²) in [6.07, 6.45) is 10.0. The van der Waals surface area contributed by atoms with Crippen molar-refractivity contribution in [3.63, 3.8) is 0 Å². The van der Waals surface area contributed by atoms with Crippen molar-refractivity contribution in [3.05, 3.63) is 98.1 Å². The molecule has 6 N–H and O–H groups in total. The summed E-state index contributed by atoms with van der Waals surface area (Å²) in [4.78, 5) is 22.7. The number of aliphatic imine (C=N–C) groups is 1. The van der Waals surface area contributed by atoms with Gasteiger partial charge in [-0.15, -0.1) is 28.6 Å². The van der Waals surface area contributed by atoms with E-state index in [1.54, 1.807) is 36.6 Å². The minimum atomic E-state index is -0.582. The number of nitrogens with zero attached hydrogens (tertiary/aromatic N) is 1. The Morgan fingerprint density at radius 3 is 2.54 bits per heavy atom. The highest BCUT2D eigenvalue weighted by molar-refractivity contribution is 7.23. The van der Waals surface area contributed by atoms with Gasteiger partial charge in [0.05, 0.1) is 21.9 Å². The monoisotopic (exact) mass is 702 g/mol. The minimum absolute atomic E-state index is 0.00879. The predicted molar refractivity (Wildman–Crippen MR) is 207 cm³/mol. The van der Waals surface area contributed by atoms with Crippen LogP contribution in [0.5, 0.6) is 5.75 Å². The van der Waals surface area contributed by atoms with E-state index in [2.05, 4.69) is 82.1 Å². The van der Waals surface area contributed by atoms with Crippen LogP contribution in [0.3, 0.4) is 0 Å². The van der Waals surface area contributed by atoms with Gasteiger partial charge in [-0.3, -0.25) is 9.79 Å². The second-order valence-electron chi connectivity index (χ2n) is 13.4. The second kappa shape index (κ2) is 14.3. The third kappa shape index (κ3) is 6.76. The fourth-order valence-corrected chi connectivity index (χ4v) is 9.87. The van der Waals surface area contributed by atoms with E-state index in [4.69, 9.17) is 5.73 Å². The molecule has 50 heavy (non-hydrogen) atoms. The fraction of sp³-hybridized carbons (Fsp3) is 0.317. The lowest BCUT2D eigenvalue weighted by Gasteiger charge is -2.44. The molecule has 3 heterocycles. The summed E-state index contributed by atoms with van der Waals surface area (Å²) in [5.74, 6) is 6.91. The van der Waals surface area contributed by atoms with Crippen molar-refractivity contribution >= 4 is 58.3 Å². The smallest absolute Gasteiger partial charge is 0.188 e. The molecule has 7 nitrogen and oxygen atoms in total. The number of phenolic OH excluding ortho intramolecular Hbond substituents is 1. The first-order valence-electron chi connectivity index (χ1n) is 17.2. The molecule has 3 aliphatic rings. The molecule has 0 radical (unpaired) electrons. The molecule has 7 rings (SSSR count). The van der Waals surface area contributed by atoms with Gasteiger partial charge < -0.3 is 26.6 Å². The number of ketones is 1. The zero-order valence-corrected chi connectivity index (χ0v) is 30.0. The van der Waals surface area contributed by atoms with E-state index in [9.17, 15) is 15.0 Å². The molecule has 0 spiro atoms. The predicted octanol–water partition coefficient (Wildman–Crippen LogP) is 5.60. The molecule has 2 aromatic carbocycles. The summed E-state index contributed by atoms with van der Waals surface area (Å²) < 4.78 is 0. The van der Waals surface area contributed by atoms with Crippen LogP contribution in [-0.4, -0.2) is 47.2 Å². The summed E-state index contributed by atoms with van der Waals surface area (Å²) in [5.41, 5.74) is 8.79. The van der Waals surface area contributed by atoms with Gasteiger partial charge in [-0.25, -0.2) is 0 Å². The summed E-state index contributed by atoms with van der Waals surface area (Å²) in [5, 5.41) is 30.5. The SMILES string of the molecule is CC#Cc1ccc(-c2ccc(C(=O)[C@H]3CC[C@@H]([C@@H](Cc4cc(O)c5c(c4)N[C@H]([C@H](C)O)C=C5)NC(N)=NC)[C@H]4C=c5ccccc5=C[C@H]43)s2)s1. The number of guanidine groups is 1. The Morgan fingerprint density at radius 2 is 1.80 bits per heavy atom. The Kier molecular flexibility index (Phi) is 9.69. The Morgan fingerprint density at radius 1 is 1.06 bits per heavy atom. The lowest BCUT2D eigenvalue weighted by atomic mass is 9.61. The van der Waals surface area contributed by atoms with Crippen molar-refractivity contribution in [3.8, 4) is 27.3 Å². The highest BCUT2D eigenvalue weighted by Crippen LogP contribution is 2.46. The number of aliphatic hydroxyl groups is 1. The molecule has 0 amide bonds. The minimum Gasteiger partial charge on any atom is -0.507 e. The van der Waals surface area contributed by atoms with Gasteiger partial charge in [0.25, 0.3) is 0 Å². The van der Waals surface area contributed by atoms with E-state index in [0.717, 1.165) is 48.8 Å². The van der Waals surface area contributed by atoms with Crippen LogP contribution in [0, 0.1) is 35.5 Å². The molecule has 2 aromatic heterocycles. The van der Waals surface area contributed by atoms with Gasteiger partial charge in [-0.05, 0) is 103 Å². The number of anilines is 1. The number of nitrogens with two attached hydrogens (primary N) is 1. The second-order valence-corrected chi connectivity index (χ2v) is 15.6. The first-order chi connectivity index (χ1) is 24.2. The normalized spacial score (nSPS) is 23.4. The third-order valence-electron chi connectivity index (χ3n) is 10.3. The van der Waals surface area contributed by atoms with Crippen molar-refractivity contribution in [1.29, 1.82) is 0 Å². The van der Waals surface area contributed by atoms with Crippen LogP contribution in [0.4, 0.5) is 5.69 Å². The van der Waals surface area contributed by atoms with E-state index >= 15 is 0 Å². The molecule has 0 bridgehead atoms. The number of aliphatic hydroxyl groups excluding tert-OH is 1. The number of carbonyl (C=O) groups excluding carboxylic acids is 1. The molecule has 9 heteroatoms. The number of thiophene rings is 2. The van der Waals surface area contributed by atoms with Crippen LogP contribution in [0.15, 0.2) is 71.7 Å². The molecule has 1 fully saturated rings. The lowest BCUT2D eigenvalue weighted by Crippen LogP contribution is -2.52. The van der Waals surface area contributed by atoms with Gasteiger partial charge in [0, 0.05) is 40.0 Å². The standard InChI is InChI=1S/C41H42N4O3S2/c1-4-7-27-10-15-37(49-27)38-16-17-39(50-38)40(48)29-12-11-28(31-21-25-8-5-6-9-26(25)22-32(29)31)34(45-41(42)43-3)18-24-19-35-30(36(47)20-24)13-14-33(44-35)23(2)46/h5-6,8-10,13-17,19-23,28-29,31-34,44,46-47H,11-12,18H2,1-3H3,(H3,42,43,45)/t23-,28+,29-,31+,32-,33-,34+/m0/s1. The molecule has 0 saturated heterocycles. The lowest BCUT2D eigenvalue weighted by molar-refractivity contribution is 0.0768. The van der Waals surface area contributed by atoms with E-state index in [0.29, 0.717) is 17.9 Å². The van der Waals surface area contributed by atoms with Crippen molar-refractivity contribution in [2.45, 2.75) is 51.3 Å². The summed E-state index contributed by atoms with van der Waals surface area (Å²) in [6, 6.07) is 20.1. The van der Waals surface area contributed by atoms with E-state index in [1.165, 1.54) is 5.22 Å². The van der Waals surface area contributed by atoms with Gasteiger partial charge >= 0.3 is 0 Å². The topological polar surface area (TPSA) is 120 Å². The molecule has 1 saturated carbocycles. The van der Waals surface area contributed by atoms with Gasteiger partial charge in [0.1, 0.15) is 5.75 Å². The number of carbonyl (C=O) groups is 1. The van der Waals surface area contributed by atoms with Gasteiger partial charge in [0.15, 0.2) is 11.7 Å². The first kappa shape index (κ1) is 33.9. The number of fused-ring (bicyclic) bond motifs is 3. The van der Waals surface area contributed by atoms with Gasteiger partial charge in [-0.1, -0.05) is 54.5 Å². The van der Waals surface area contributed by atoms with Gasteiger partial charge in [0.2, 0.25) is 0 Å². The fourth-order valence-electron chi connectivity index (χ4n) is 7.86. The number of benzene rings is 2. The first-order valence-corrected chi connectivity index (χ1v) is 18.8. The molecular formula is C41H42N4O3S2. The average Bonchev–Trinajstić information content (AvgIpc) is 3.80. The van der Waals surface area contributed by atoms with Crippen molar-refractivity contribution in [2.75, 3.05) is 12.4 Å². The molecule has 2 aliphatic carbocycles. The highest BCUT2D eigenvalue weighted by atomic mass is 32.1. The van der Waals surface area contributed by atoms with E-state index < -0.39 is 6.10 Å². The number of hydrogen-bond acceptors (Lipinski definition) is 7. The molecular weight excluding hydrogens is 661 g/mol. The van der Waals surface area contributed by atoms with Crippen LogP contribution < -0.4 is 26.8 Å². The highest BCUT2D eigenvalue weighted by Gasteiger charge is 2.44. The molecule has 1 aliphatic heterocycles. The number of aromatic hydroxyl groups is 1. The summed E-state index contributed by atoms with van der Waals surface area (Å²) in [7, 11) is 1.68. The maximum atomic E-state index is 14.4. The average molecular weight is 703 g/mol. The van der Waals surface area contributed by atoms with Crippen molar-refractivity contribution in [2.24, 2.45) is 34.4 Å². The Hall–Kier alpha value is -4.62.